The zero-order chi connectivity index (χ0) is 18.2. The molecule has 1 aromatic heterocycles. The van der Waals surface area contributed by atoms with Gasteiger partial charge in [-0.3, -0.25) is 9.21 Å². The number of sulfonamides is 2. The quantitative estimate of drug-likeness (QED) is 0.760. The first-order chi connectivity index (χ1) is 11.7. The maximum atomic E-state index is 13.0. The van der Waals surface area contributed by atoms with E-state index in [0.717, 1.165) is 13.1 Å². The van der Waals surface area contributed by atoms with Gasteiger partial charge in [0.05, 0.1) is 13.2 Å². The third-order valence-corrected chi connectivity index (χ3v) is 9.01. The lowest BCUT2D eigenvalue weighted by atomic mass is 10.2. The minimum Gasteiger partial charge on any atom is -0.379 e. The summed E-state index contributed by atoms with van der Waals surface area (Å²) in [6, 6.07) is 1.34. The molecule has 2 aliphatic rings. The monoisotopic (exact) mass is 407 g/mol. The zero-order valence-electron chi connectivity index (χ0n) is 13.8. The molecule has 0 amide bonds. The van der Waals surface area contributed by atoms with Gasteiger partial charge >= 0.3 is 0 Å². The van der Waals surface area contributed by atoms with E-state index >= 15 is 0 Å². The number of hydrogen-bond donors (Lipinski definition) is 1. The van der Waals surface area contributed by atoms with Crippen LogP contribution in [0.25, 0.3) is 6.08 Å². The summed E-state index contributed by atoms with van der Waals surface area (Å²) in [5.41, 5.74) is 1.04. The van der Waals surface area contributed by atoms with Crippen molar-refractivity contribution < 1.29 is 21.6 Å². The Morgan fingerprint density at radius 3 is 2.60 bits per heavy atom. The van der Waals surface area contributed by atoms with Gasteiger partial charge in [0, 0.05) is 37.4 Å². The molecule has 0 aliphatic carbocycles. The number of rotatable bonds is 5. The van der Waals surface area contributed by atoms with Crippen LogP contribution in [0.4, 0.5) is 0 Å². The van der Waals surface area contributed by atoms with Crippen molar-refractivity contribution in [2.45, 2.75) is 21.8 Å². The predicted octanol–water partition coefficient (Wildman–Crippen LogP) is 0.483. The Bertz CT molecular complexity index is 883. The second-order valence-electron chi connectivity index (χ2n) is 5.95. The van der Waals surface area contributed by atoms with Gasteiger partial charge in [-0.05, 0) is 18.6 Å². The number of hydrogen-bond acceptors (Lipinski definition) is 7. The first-order valence-corrected chi connectivity index (χ1v) is 11.7. The molecule has 0 radical (unpaired) electrons. The maximum absolute atomic E-state index is 13.0. The molecular formula is C14H21N3O5S3. The maximum Gasteiger partial charge on any atom is 0.274 e. The van der Waals surface area contributed by atoms with Crippen LogP contribution in [-0.2, 0) is 24.8 Å². The number of primary sulfonamides is 1. The van der Waals surface area contributed by atoms with Crippen LogP contribution in [0, 0.1) is 0 Å². The van der Waals surface area contributed by atoms with E-state index in [1.54, 1.807) is 6.08 Å². The van der Waals surface area contributed by atoms with Gasteiger partial charge in [-0.1, -0.05) is 6.92 Å². The molecule has 0 atom stereocenters. The van der Waals surface area contributed by atoms with E-state index < -0.39 is 20.0 Å². The lowest BCUT2D eigenvalue weighted by Gasteiger charge is -2.34. The highest BCUT2D eigenvalue weighted by molar-refractivity contribution is 7.94. The van der Waals surface area contributed by atoms with Crippen LogP contribution < -0.4 is 5.14 Å². The molecule has 1 aromatic rings. The molecule has 11 heteroatoms. The Morgan fingerprint density at radius 1 is 1.32 bits per heavy atom. The van der Waals surface area contributed by atoms with Crippen molar-refractivity contribution in [2.24, 2.45) is 5.14 Å². The Balaban J connectivity index is 2.03. The third-order valence-electron chi connectivity index (χ3n) is 4.07. The minimum absolute atomic E-state index is 0.0377. The molecule has 0 spiro atoms. The lowest BCUT2D eigenvalue weighted by molar-refractivity contribution is 0.0406. The molecule has 0 aromatic carbocycles. The molecule has 25 heavy (non-hydrogen) atoms. The SMILES string of the molecule is CCCN1C(CN2CCOCC2)=Cc2cc(S(N)(=O)=O)sc2S1(=O)=O. The van der Waals surface area contributed by atoms with Crippen LogP contribution in [0.1, 0.15) is 18.9 Å². The fraction of sp³-hybridized carbons (Fsp3) is 0.571. The zero-order valence-corrected chi connectivity index (χ0v) is 16.3. The third kappa shape index (κ3) is 3.76. The van der Waals surface area contributed by atoms with Crippen molar-refractivity contribution in [3.05, 3.63) is 17.3 Å². The number of fused-ring (bicyclic) bond motifs is 1. The molecule has 1 fully saturated rings. The normalized spacial score (nSPS) is 21.0. The Labute approximate surface area is 152 Å². The fourth-order valence-electron chi connectivity index (χ4n) is 2.89. The first kappa shape index (κ1) is 18.8. The highest BCUT2D eigenvalue weighted by atomic mass is 32.3. The molecule has 3 rings (SSSR count). The van der Waals surface area contributed by atoms with Crippen LogP contribution in [0.15, 0.2) is 20.2 Å². The van der Waals surface area contributed by atoms with Gasteiger partial charge in [-0.2, -0.15) is 0 Å². The van der Waals surface area contributed by atoms with Crippen LogP contribution in [0.2, 0.25) is 0 Å². The van der Waals surface area contributed by atoms with Gasteiger partial charge in [0.25, 0.3) is 10.0 Å². The van der Waals surface area contributed by atoms with Crippen molar-refractivity contribution in [1.29, 1.82) is 0 Å². The van der Waals surface area contributed by atoms with E-state index in [1.165, 1.54) is 10.4 Å². The van der Waals surface area contributed by atoms with Crippen LogP contribution in [-0.4, -0.2) is 65.4 Å². The molecule has 140 valence electrons. The standard InChI is InChI=1S/C14H21N3O5S3/c1-2-3-17-12(10-16-4-6-22-7-5-16)8-11-9-13(24(15,18)19)23-14(11)25(17,20)21/h8-9H,2-7,10H2,1H3,(H2,15,18,19). The molecule has 1 saturated heterocycles. The molecule has 8 nitrogen and oxygen atoms in total. The van der Waals surface area contributed by atoms with E-state index in [-0.39, 0.29) is 8.42 Å². The highest BCUT2D eigenvalue weighted by Gasteiger charge is 2.36. The summed E-state index contributed by atoms with van der Waals surface area (Å²) in [6.07, 6.45) is 2.41. The largest absolute Gasteiger partial charge is 0.379 e. The minimum atomic E-state index is -3.94. The van der Waals surface area contributed by atoms with Crippen molar-refractivity contribution in [1.82, 2.24) is 9.21 Å². The first-order valence-electron chi connectivity index (χ1n) is 7.93. The summed E-state index contributed by atoms with van der Waals surface area (Å²) >= 11 is 0.706. The summed E-state index contributed by atoms with van der Waals surface area (Å²) < 4.78 is 55.8. The predicted molar refractivity (Wildman–Crippen MR) is 95.1 cm³/mol. The molecular weight excluding hydrogens is 386 g/mol. The molecule has 0 unspecified atom stereocenters. The number of ether oxygens (including phenoxy) is 1. The Hall–Kier alpha value is -0.980. The summed E-state index contributed by atoms with van der Waals surface area (Å²) in [4.78, 5) is 2.13. The van der Waals surface area contributed by atoms with Gasteiger partial charge in [0.1, 0.15) is 8.42 Å². The van der Waals surface area contributed by atoms with Crippen LogP contribution in [0.3, 0.4) is 0 Å². The molecule has 0 saturated carbocycles. The van der Waals surface area contributed by atoms with Crippen LogP contribution >= 0.6 is 11.3 Å². The van der Waals surface area contributed by atoms with E-state index in [0.29, 0.717) is 55.3 Å². The number of morpholine rings is 1. The molecule has 0 bridgehead atoms. The van der Waals surface area contributed by atoms with Crippen LogP contribution in [0.5, 0.6) is 0 Å². The van der Waals surface area contributed by atoms with E-state index in [2.05, 4.69) is 4.90 Å². The van der Waals surface area contributed by atoms with Gasteiger partial charge in [-0.15, -0.1) is 11.3 Å². The Kier molecular flexibility index (Phi) is 5.24. The van der Waals surface area contributed by atoms with Gasteiger partial charge in [0.15, 0.2) is 0 Å². The number of nitrogens with zero attached hydrogens (tertiary/aromatic N) is 2. The molecule has 3 heterocycles. The number of nitrogens with two attached hydrogens (primary N) is 1. The average Bonchev–Trinajstić information content (AvgIpc) is 2.97. The summed E-state index contributed by atoms with van der Waals surface area (Å²) in [5, 5.41) is 5.17. The van der Waals surface area contributed by atoms with Crippen molar-refractivity contribution in [3.63, 3.8) is 0 Å². The summed E-state index contributed by atoms with van der Waals surface area (Å²) in [7, 11) is -7.72. The fourth-order valence-corrected chi connectivity index (χ4v) is 7.08. The summed E-state index contributed by atoms with van der Waals surface area (Å²) in [5.74, 6) is 0. The van der Waals surface area contributed by atoms with E-state index in [1.807, 2.05) is 6.92 Å². The van der Waals surface area contributed by atoms with Crippen molar-refractivity contribution >= 4 is 37.5 Å². The van der Waals surface area contributed by atoms with Gasteiger partial charge in [0.2, 0.25) is 10.0 Å². The van der Waals surface area contributed by atoms with E-state index in [4.69, 9.17) is 9.88 Å². The van der Waals surface area contributed by atoms with Gasteiger partial charge in [-0.25, -0.2) is 22.0 Å². The molecule has 2 N–H and O–H groups in total. The second kappa shape index (κ2) is 6.97. The topological polar surface area (TPSA) is 110 Å². The van der Waals surface area contributed by atoms with Crippen molar-refractivity contribution in [2.75, 3.05) is 39.4 Å². The van der Waals surface area contributed by atoms with Crippen molar-refractivity contribution in [3.8, 4) is 0 Å². The summed E-state index contributed by atoms with van der Waals surface area (Å²) in [6.45, 7) is 5.43. The number of thiophene rings is 1. The van der Waals surface area contributed by atoms with Gasteiger partial charge < -0.3 is 4.74 Å². The smallest absolute Gasteiger partial charge is 0.274 e. The highest BCUT2D eigenvalue weighted by Crippen LogP contribution is 2.38. The van der Waals surface area contributed by atoms with E-state index in [9.17, 15) is 16.8 Å². The molecule has 2 aliphatic heterocycles. The lowest BCUT2D eigenvalue weighted by Crippen LogP contribution is -2.42. The Morgan fingerprint density at radius 2 is 2.00 bits per heavy atom. The second-order valence-corrected chi connectivity index (χ2v) is 10.9. The average molecular weight is 408 g/mol.